The van der Waals surface area contributed by atoms with Crippen molar-refractivity contribution in [2.45, 2.75) is 6.61 Å². The lowest BCUT2D eigenvalue weighted by molar-refractivity contribution is -0.139. The summed E-state index contributed by atoms with van der Waals surface area (Å²) in [7, 11) is 0. The number of carbonyl (C=O) groups excluding carboxylic acids is 3. The largest absolute Gasteiger partial charge is 0.458 e. The number of esters is 1. The summed E-state index contributed by atoms with van der Waals surface area (Å²) in [4.78, 5) is 37.9. The maximum Gasteiger partial charge on any atom is 0.333 e. The highest BCUT2D eigenvalue weighted by molar-refractivity contribution is 8.04. The molecule has 3 rings (SSSR count). The van der Waals surface area contributed by atoms with Crippen LogP contribution in [0, 0.1) is 0 Å². The topological polar surface area (TPSA) is 63.7 Å². The molecule has 1 aliphatic heterocycles. The molecular weight excluding hydrogens is 386 g/mol. The predicted octanol–water partition coefficient (Wildman–Crippen LogP) is 3.68. The van der Waals surface area contributed by atoms with Gasteiger partial charge in [0.05, 0.1) is 23.4 Å². The number of nitrogens with zero attached hydrogens (tertiary/aromatic N) is 1. The van der Waals surface area contributed by atoms with Crippen LogP contribution >= 0.6 is 23.4 Å². The first-order valence-electron chi connectivity index (χ1n) is 8.17. The van der Waals surface area contributed by atoms with E-state index in [1.165, 1.54) is 22.7 Å². The summed E-state index contributed by atoms with van der Waals surface area (Å²) in [5.41, 5.74) is 1.32. The van der Waals surface area contributed by atoms with E-state index in [1.807, 2.05) is 30.3 Å². The van der Waals surface area contributed by atoms with Crippen LogP contribution in [-0.4, -0.2) is 34.9 Å². The Hall–Kier alpha value is -2.57. The van der Waals surface area contributed by atoms with Crippen LogP contribution in [0.2, 0.25) is 5.02 Å². The van der Waals surface area contributed by atoms with E-state index in [4.69, 9.17) is 16.3 Å². The molecule has 0 N–H and O–H groups in total. The van der Waals surface area contributed by atoms with Gasteiger partial charge in [-0.15, -0.1) is 0 Å². The second kappa shape index (κ2) is 8.88. The fraction of sp³-hybridized carbons (Fsp3) is 0.150. The van der Waals surface area contributed by atoms with Crippen molar-refractivity contribution in [3.63, 3.8) is 0 Å². The molecule has 0 aromatic heterocycles. The zero-order valence-corrected chi connectivity index (χ0v) is 15.8. The van der Waals surface area contributed by atoms with Gasteiger partial charge in [-0.3, -0.25) is 14.5 Å². The van der Waals surface area contributed by atoms with Crippen molar-refractivity contribution in [2.75, 3.05) is 12.3 Å². The third kappa shape index (κ3) is 5.21. The molecule has 1 amide bonds. The van der Waals surface area contributed by atoms with Gasteiger partial charge in [0.15, 0.2) is 5.78 Å². The molecular formula is C20H16ClNO4S. The molecule has 27 heavy (non-hydrogen) atoms. The molecule has 2 aromatic carbocycles. The molecule has 1 fully saturated rings. The molecule has 2 aromatic rings. The Balaban J connectivity index is 1.64. The highest BCUT2D eigenvalue weighted by Crippen LogP contribution is 2.29. The van der Waals surface area contributed by atoms with E-state index in [9.17, 15) is 14.4 Å². The lowest BCUT2D eigenvalue weighted by atomic mass is 10.1. The Morgan fingerprint density at radius 3 is 2.52 bits per heavy atom. The van der Waals surface area contributed by atoms with Gasteiger partial charge in [-0.1, -0.05) is 53.7 Å². The fourth-order valence-electron chi connectivity index (χ4n) is 2.44. The van der Waals surface area contributed by atoms with Crippen LogP contribution in [0.15, 0.2) is 65.7 Å². The average molecular weight is 402 g/mol. The van der Waals surface area contributed by atoms with E-state index in [-0.39, 0.29) is 30.6 Å². The molecule has 0 unspecified atom stereocenters. The fourth-order valence-corrected chi connectivity index (χ4v) is 3.50. The minimum atomic E-state index is -0.556. The molecule has 7 heteroatoms. The normalized spacial score (nSPS) is 15.2. The molecule has 0 radical (unpaired) electrons. The number of benzene rings is 2. The van der Waals surface area contributed by atoms with Gasteiger partial charge in [0, 0.05) is 10.6 Å². The lowest BCUT2D eigenvalue weighted by Gasteiger charge is -2.16. The third-order valence-electron chi connectivity index (χ3n) is 3.84. The monoisotopic (exact) mass is 401 g/mol. The average Bonchev–Trinajstić information content (AvgIpc) is 3.01. The molecule has 1 heterocycles. The Bertz CT molecular complexity index is 881. The van der Waals surface area contributed by atoms with Crippen molar-refractivity contribution in [1.82, 2.24) is 4.90 Å². The third-order valence-corrected chi connectivity index (χ3v) is 5.12. The SMILES string of the molecule is O=C(/C=C1\SCC(=O)N1CC(=O)c1ccc(Cl)cc1)OCc1ccccc1. The van der Waals surface area contributed by atoms with Gasteiger partial charge in [0.25, 0.3) is 0 Å². The predicted molar refractivity (Wildman–Crippen MR) is 104 cm³/mol. The maximum atomic E-state index is 12.4. The van der Waals surface area contributed by atoms with Crippen molar-refractivity contribution in [3.05, 3.63) is 81.9 Å². The minimum absolute atomic E-state index is 0.134. The summed E-state index contributed by atoms with van der Waals surface area (Å²) in [6.45, 7) is 0.0109. The Kier molecular flexibility index (Phi) is 6.32. The molecule has 0 spiro atoms. The molecule has 0 atom stereocenters. The van der Waals surface area contributed by atoms with Gasteiger partial charge in [-0.25, -0.2) is 4.79 Å². The van der Waals surface area contributed by atoms with E-state index >= 15 is 0 Å². The Morgan fingerprint density at radius 2 is 1.81 bits per heavy atom. The first-order chi connectivity index (χ1) is 13.0. The number of Topliss-reactive ketones (excluding diaryl/α,β-unsaturated/α-hetero) is 1. The molecule has 0 bridgehead atoms. The number of halogens is 1. The number of hydrogen-bond acceptors (Lipinski definition) is 5. The molecule has 1 saturated heterocycles. The number of ether oxygens (including phenoxy) is 1. The van der Waals surface area contributed by atoms with Crippen molar-refractivity contribution < 1.29 is 19.1 Å². The smallest absolute Gasteiger partial charge is 0.333 e. The van der Waals surface area contributed by atoms with Gasteiger partial charge in [-0.05, 0) is 29.8 Å². The first kappa shape index (κ1) is 19.2. The second-order valence-electron chi connectivity index (χ2n) is 5.77. The Morgan fingerprint density at radius 1 is 1.11 bits per heavy atom. The van der Waals surface area contributed by atoms with Gasteiger partial charge >= 0.3 is 5.97 Å². The summed E-state index contributed by atoms with van der Waals surface area (Å²) in [5.74, 6) is -0.818. The lowest BCUT2D eigenvalue weighted by Crippen LogP contribution is -2.31. The van der Waals surface area contributed by atoms with E-state index in [0.29, 0.717) is 15.6 Å². The zero-order valence-electron chi connectivity index (χ0n) is 14.3. The van der Waals surface area contributed by atoms with Crippen molar-refractivity contribution in [3.8, 4) is 0 Å². The maximum absolute atomic E-state index is 12.4. The zero-order chi connectivity index (χ0) is 19.2. The summed E-state index contributed by atoms with van der Waals surface area (Å²) in [6.07, 6.45) is 1.26. The van der Waals surface area contributed by atoms with Crippen LogP contribution < -0.4 is 0 Å². The van der Waals surface area contributed by atoms with E-state index in [2.05, 4.69) is 0 Å². The number of rotatable bonds is 6. The van der Waals surface area contributed by atoms with Crippen molar-refractivity contribution in [1.29, 1.82) is 0 Å². The van der Waals surface area contributed by atoms with E-state index in [1.54, 1.807) is 24.3 Å². The number of hydrogen-bond donors (Lipinski definition) is 0. The molecule has 138 valence electrons. The standard InChI is InChI=1S/C20H16ClNO4S/c21-16-8-6-15(7-9-16)17(23)11-22-18(24)13-27-19(22)10-20(25)26-12-14-4-2-1-3-5-14/h1-10H,11-13H2/b19-10-. The summed E-state index contributed by atoms with van der Waals surface area (Å²) >= 11 is 7.04. The Labute approximate surface area is 165 Å². The van der Waals surface area contributed by atoms with Gasteiger partial charge in [0.2, 0.25) is 5.91 Å². The molecule has 0 saturated carbocycles. The van der Waals surface area contributed by atoms with Crippen LogP contribution in [0.5, 0.6) is 0 Å². The minimum Gasteiger partial charge on any atom is -0.458 e. The molecule has 0 aliphatic carbocycles. The highest BCUT2D eigenvalue weighted by Gasteiger charge is 2.29. The van der Waals surface area contributed by atoms with Crippen LogP contribution in [-0.2, 0) is 20.9 Å². The van der Waals surface area contributed by atoms with E-state index < -0.39 is 5.97 Å². The quantitative estimate of drug-likeness (QED) is 0.419. The number of carbonyl (C=O) groups is 3. The number of thioether (sulfide) groups is 1. The van der Waals surface area contributed by atoms with Crippen LogP contribution in [0.25, 0.3) is 0 Å². The van der Waals surface area contributed by atoms with Crippen LogP contribution in [0.3, 0.4) is 0 Å². The molecule has 1 aliphatic rings. The summed E-state index contributed by atoms with van der Waals surface area (Å²) < 4.78 is 5.21. The van der Waals surface area contributed by atoms with Gasteiger partial charge in [-0.2, -0.15) is 0 Å². The number of amides is 1. The van der Waals surface area contributed by atoms with Gasteiger partial charge < -0.3 is 4.74 Å². The highest BCUT2D eigenvalue weighted by atomic mass is 35.5. The number of ketones is 1. The van der Waals surface area contributed by atoms with E-state index in [0.717, 1.165) is 5.56 Å². The van der Waals surface area contributed by atoms with Crippen LogP contribution in [0.4, 0.5) is 0 Å². The van der Waals surface area contributed by atoms with Crippen LogP contribution in [0.1, 0.15) is 15.9 Å². The molecule has 5 nitrogen and oxygen atoms in total. The van der Waals surface area contributed by atoms with Crippen molar-refractivity contribution >= 4 is 41.0 Å². The van der Waals surface area contributed by atoms with Gasteiger partial charge in [0.1, 0.15) is 6.61 Å². The summed E-state index contributed by atoms with van der Waals surface area (Å²) in [6, 6.07) is 15.8. The first-order valence-corrected chi connectivity index (χ1v) is 9.53. The second-order valence-corrected chi connectivity index (χ2v) is 7.21. The van der Waals surface area contributed by atoms with Crippen molar-refractivity contribution in [2.24, 2.45) is 0 Å². The summed E-state index contributed by atoms with van der Waals surface area (Å²) in [5, 5.41) is 0.946.